The Hall–Kier alpha value is -1.63. The predicted octanol–water partition coefficient (Wildman–Crippen LogP) is -1.05. The van der Waals surface area contributed by atoms with Crippen LogP contribution in [-0.2, 0) is 14.4 Å². The number of rotatable bonds is 8. The number of aliphatic carboxylic acids is 1. The lowest BCUT2D eigenvalue weighted by Gasteiger charge is -2.16. The van der Waals surface area contributed by atoms with Crippen LogP contribution in [0.2, 0.25) is 0 Å². The molecule has 17 heavy (non-hydrogen) atoms. The van der Waals surface area contributed by atoms with Gasteiger partial charge in [-0.3, -0.25) is 9.59 Å². The summed E-state index contributed by atoms with van der Waals surface area (Å²) < 4.78 is 0. The van der Waals surface area contributed by atoms with Crippen LogP contribution in [0.4, 0.5) is 0 Å². The molecule has 0 saturated carbocycles. The van der Waals surface area contributed by atoms with E-state index in [0.29, 0.717) is 6.42 Å². The molecular formula is C10H19N3O4. The minimum atomic E-state index is -1.21. The number of nitrogens with one attached hydrogen (secondary N) is 1. The first-order valence-corrected chi connectivity index (χ1v) is 5.45. The molecule has 0 aliphatic carbocycles. The van der Waals surface area contributed by atoms with Crippen molar-refractivity contribution >= 4 is 17.8 Å². The van der Waals surface area contributed by atoms with Crippen LogP contribution in [0.3, 0.4) is 0 Å². The third-order valence-corrected chi connectivity index (χ3v) is 2.23. The molecule has 0 heterocycles. The highest BCUT2D eigenvalue weighted by Gasteiger charge is 2.23. The summed E-state index contributed by atoms with van der Waals surface area (Å²) >= 11 is 0. The van der Waals surface area contributed by atoms with Crippen LogP contribution in [0.15, 0.2) is 0 Å². The van der Waals surface area contributed by atoms with Crippen molar-refractivity contribution in [2.45, 2.75) is 44.7 Å². The van der Waals surface area contributed by atoms with E-state index in [0.717, 1.165) is 6.42 Å². The molecule has 0 aromatic heterocycles. The van der Waals surface area contributed by atoms with Crippen LogP contribution in [0.25, 0.3) is 0 Å². The number of amides is 2. The number of hydrogen-bond donors (Lipinski definition) is 4. The third kappa shape index (κ3) is 6.52. The number of carboxylic acid groups (broad SMARTS) is 1. The van der Waals surface area contributed by atoms with Crippen LogP contribution < -0.4 is 16.8 Å². The molecule has 0 radical (unpaired) electrons. The molecule has 0 aromatic carbocycles. The van der Waals surface area contributed by atoms with Gasteiger partial charge in [-0.15, -0.1) is 0 Å². The van der Waals surface area contributed by atoms with Gasteiger partial charge in [-0.25, -0.2) is 4.79 Å². The van der Waals surface area contributed by atoms with Crippen molar-refractivity contribution in [2.24, 2.45) is 11.5 Å². The molecule has 0 spiro atoms. The quantitative estimate of drug-likeness (QED) is 0.432. The molecule has 0 aliphatic rings. The Balaban J connectivity index is 4.29. The van der Waals surface area contributed by atoms with Crippen LogP contribution in [0, 0.1) is 0 Å². The lowest BCUT2D eigenvalue weighted by atomic mass is 10.1. The van der Waals surface area contributed by atoms with Gasteiger partial charge in [0, 0.05) is 6.42 Å². The molecule has 7 nitrogen and oxygen atoms in total. The van der Waals surface area contributed by atoms with Gasteiger partial charge in [-0.05, 0) is 12.8 Å². The van der Waals surface area contributed by atoms with E-state index >= 15 is 0 Å². The maximum atomic E-state index is 11.5. The second-order valence-corrected chi connectivity index (χ2v) is 3.80. The van der Waals surface area contributed by atoms with Crippen molar-refractivity contribution in [1.29, 1.82) is 0 Å². The van der Waals surface area contributed by atoms with Crippen LogP contribution in [0.5, 0.6) is 0 Å². The summed E-state index contributed by atoms with van der Waals surface area (Å²) in [5.41, 5.74) is 10.4. The SMILES string of the molecule is CCCC(N)C(=O)N[C@@H](CCC(N)=O)C(=O)O. The van der Waals surface area contributed by atoms with Crippen molar-refractivity contribution in [3.63, 3.8) is 0 Å². The van der Waals surface area contributed by atoms with Crippen molar-refractivity contribution < 1.29 is 19.5 Å². The molecule has 1 unspecified atom stereocenters. The van der Waals surface area contributed by atoms with Crippen molar-refractivity contribution in [3.05, 3.63) is 0 Å². The van der Waals surface area contributed by atoms with E-state index in [1.807, 2.05) is 6.92 Å². The Morgan fingerprint density at radius 2 is 1.88 bits per heavy atom. The van der Waals surface area contributed by atoms with Crippen LogP contribution in [0.1, 0.15) is 32.6 Å². The number of hydrogen-bond acceptors (Lipinski definition) is 4. The van der Waals surface area contributed by atoms with Crippen molar-refractivity contribution in [2.75, 3.05) is 0 Å². The summed E-state index contributed by atoms with van der Waals surface area (Å²) in [7, 11) is 0. The molecule has 6 N–H and O–H groups in total. The Labute approximate surface area is 99.5 Å². The third-order valence-electron chi connectivity index (χ3n) is 2.23. The van der Waals surface area contributed by atoms with Gasteiger partial charge in [-0.2, -0.15) is 0 Å². The smallest absolute Gasteiger partial charge is 0.326 e. The Morgan fingerprint density at radius 3 is 2.29 bits per heavy atom. The lowest BCUT2D eigenvalue weighted by molar-refractivity contribution is -0.142. The van der Waals surface area contributed by atoms with Crippen molar-refractivity contribution in [3.8, 4) is 0 Å². The fourth-order valence-electron chi connectivity index (χ4n) is 1.26. The first-order chi connectivity index (χ1) is 7.88. The minimum Gasteiger partial charge on any atom is -0.480 e. The molecular weight excluding hydrogens is 226 g/mol. The summed E-state index contributed by atoms with van der Waals surface area (Å²) in [5.74, 6) is -2.34. The minimum absolute atomic E-state index is 0.0325. The zero-order valence-corrected chi connectivity index (χ0v) is 9.81. The van der Waals surface area contributed by atoms with E-state index in [2.05, 4.69) is 5.32 Å². The van der Waals surface area contributed by atoms with E-state index in [9.17, 15) is 14.4 Å². The maximum Gasteiger partial charge on any atom is 0.326 e. The summed E-state index contributed by atoms with van der Waals surface area (Å²) in [6.07, 6.45) is 1.08. The Bertz CT molecular complexity index is 293. The monoisotopic (exact) mass is 245 g/mol. The maximum absolute atomic E-state index is 11.5. The molecule has 0 saturated heterocycles. The summed E-state index contributed by atoms with van der Waals surface area (Å²) in [6, 6.07) is -1.85. The molecule has 2 atom stereocenters. The fraction of sp³-hybridized carbons (Fsp3) is 0.700. The number of carbonyl (C=O) groups excluding carboxylic acids is 2. The van der Waals surface area contributed by atoms with Crippen LogP contribution in [-0.4, -0.2) is 35.0 Å². The first-order valence-electron chi connectivity index (χ1n) is 5.45. The molecule has 0 rings (SSSR count). The van der Waals surface area contributed by atoms with Gasteiger partial charge in [0.25, 0.3) is 0 Å². The Morgan fingerprint density at radius 1 is 1.29 bits per heavy atom. The Kier molecular flexibility index (Phi) is 6.88. The summed E-state index contributed by atoms with van der Waals surface area (Å²) in [6.45, 7) is 1.87. The molecule has 0 aliphatic heterocycles. The molecule has 98 valence electrons. The number of primary amides is 1. The van der Waals surface area contributed by atoms with E-state index in [-0.39, 0.29) is 12.8 Å². The number of nitrogens with two attached hydrogens (primary N) is 2. The number of carboxylic acids is 1. The van der Waals surface area contributed by atoms with E-state index in [4.69, 9.17) is 16.6 Å². The number of carbonyl (C=O) groups is 3. The lowest BCUT2D eigenvalue weighted by Crippen LogP contribution is -2.48. The van der Waals surface area contributed by atoms with Gasteiger partial charge in [0.1, 0.15) is 6.04 Å². The normalized spacial score (nSPS) is 13.8. The van der Waals surface area contributed by atoms with E-state index in [1.54, 1.807) is 0 Å². The second kappa shape index (κ2) is 7.61. The van der Waals surface area contributed by atoms with Crippen molar-refractivity contribution in [1.82, 2.24) is 5.32 Å². The standard InChI is InChI=1S/C10H19N3O4/c1-2-3-6(11)9(15)13-7(10(16)17)4-5-8(12)14/h6-7H,2-5,11H2,1H3,(H2,12,14)(H,13,15)(H,16,17)/t6?,7-/m0/s1. The highest BCUT2D eigenvalue weighted by Crippen LogP contribution is 2.00. The van der Waals surface area contributed by atoms with Gasteiger partial charge in [0.2, 0.25) is 11.8 Å². The molecule has 0 fully saturated rings. The van der Waals surface area contributed by atoms with Gasteiger partial charge in [0.15, 0.2) is 0 Å². The zero-order valence-electron chi connectivity index (χ0n) is 9.81. The van der Waals surface area contributed by atoms with E-state index in [1.165, 1.54) is 0 Å². The van der Waals surface area contributed by atoms with Gasteiger partial charge in [0.05, 0.1) is 6.04 Å². The fourth-order valence-corrected chi connectivity index (χ4v) is 1.26. The first kappa shape index (κ1) is 15.4. The largest absolute Gasteiger partial charge is 0.480 e. The molecule has 0 aromatic rings. The highest BCUT2D eigenvalue weighted by molar-refractivity contribution is 5.87. The van der Waals surface area contributed by atoms with Gasteiger partial charge >= 0.3 is 5.97 Å². The highest BCUT2D eigenvalue weighted by atomic mass is 16.4. The molecule has 2 amide bonds. The topological polar surface area (TPSA) is 136 Å². The van der Waals surface area contributed by atoms with Gasteiger partial charge < -0.3 is 21.9 Å². The summed E-state index contributed by atoms with van der Waals surface area (Å²) in [4.78, 5) is 32.8. The van der Waals surface area contributed by atoms with E-state index < -0.39 is 29.9 Å². The summed E-state index contributed by atoms with van der Waals surface area (Å²) in [5, 5.41) is 11.1. The second-order valence-electron chi connectivity index (χ2n) is 3.80. The molecule has 7 heteroatoms. The van der Waals surface area contributed by atoms with Gasteiger partial charge in [-0.1, -0.05) is 13.3 Å². The average molecular weight is 245 g/mol. The van der Waals surface area contributed by atoms with Crippen LogP contribution >= 0.6 is 0 Å². The predicted molar refractivity (Wildman–Crippen MR) is 60.9 cm³/mol. The molecule has 0 bridgehead atoms. The average Bonchev–Trinajstić information content (AvgIpc) is 2.23. The zero-order chi connectivity index (χ0) is 13.4.